The first-order valence-electron chi connectivity index (χ1n) is 29.3. The minimum Gasteiger partial charge on any atom is -0.397 e. The summed E-state index contributed by atoms with van der Waals surface area (Å²) >= 11 is 50.5. The number of nitrogens with two attached hydrogens (primary N) is 1. The molecular formula is C70H76Cl9N7O5. The molecule has 0 spiro atoms. The number of benzene rings is 6. The standard InChI is InChI=1S/C21H20Cl2N2O2.C21H18Cl2N2O.C14H18N2O.C7H3Cl3O.C6H15N.CH2Cl2/c1-21(2)11-14(10-15(26)12-21)24-18-5-3-4-6-19(18)25-20(27)16-8-7-13(22)9-17(16)23;1-21(2)10-17-19(18(26)11-21)20(13-8-7-12(22)9-14(13)23)25-16-6-4-3-5-15(16)24-17;1-14(2)8-10(7-11(17)9-14)16-13-6-4-3-5-12(13)15;8-4-1-2-5(7(10)11)6(9)3-4;1-4-7(5-2)6-3;2-1-3/h3-10,24H,11-12H2,1-2H3,(H,25,27);3-9,24H,10-11H2,1-2H3;3-7,16H,8-9,15H2,1-2H3;1-3H;4-6H2,1-3H3;1H2. The number of allylic oxidation sites excluding steroid dienone is 6. The van der Waals surface area contributed by atoms with Gasteiger partial charge in [-0.15, -0.1) is 23.2 Å². The number of hydrogen-bond acceptors (Lipinski definition) is 11. The van der Waals surface area contributed by atoms with Gasteiger partial charge in [-0.1, -0.05) is 168 Å². The SMILES string of the molecule is CC1(C)CC(=O)C2=C(C1)Nc1ccccc1N=C2c1ccc(Cl)cc1Cl.CC1(C)CC(=O)C=C(Nc2ccccc2N)C1.CC1(C)CC(=O)C=C(Nc2ccccc2NC(=O)c2ccc(Cl)cc2Cl)C1.CCN(CC)CC.ClCCl.O=C(Cl)c1ccc(Cl)cc1Cl. The topological polar surface area (TPSA) is 175 Å². The molecule has 0 radical (unpaired) electrons. The summed E-state index contributed by atoms with van der Waals surface area (Å²) in [5.74, 6) is 0.0303. The number of rotatable bonds is 11. The zero-order valence-corrected chi connectivity index (χ0v) is 59.1. The van der Waals surface area contributed by atoms with E-state index < -0.39 is 5.24 Å². The van der Waals surface area contributed by atoms with E-state index in [1.165, 1.54) is 37.8 Å². The number of carbonyl (C=O) groups is 5. The Bertz CT molecular complexity index is 3720. The fourth-order valence-electron chi connectivity index (χ4n) is 10.3. The van der Waals surface area contributed by atoms with Crippen LogP contribution in [-0.2, 0) is 14.4 Å². The van der Waals surface area contributed by atoms with Gasteiger partial charge in [0.05, 0.1) is 76.9 Å². The number of fused-ring (bicyclic) bond motifs is 1. The molecule has 0 bridgehead atoms. The number of carbonyl (C=O) groups excluding carboxylic acids is 5. The summed E-state index contributed by atoms with van der Waals surface area (Å²) < 4.78 is 0. The van der Waals surface area contributed by atoms with Crippen molar-refractivity contribution in [3.05, 3.63) is 209 Å². The molecule has 1 heterocycles. The maximum absolute atomic E-state index is 13.1. The fourth-order valence-corrected chi connectivity index (χ4v) is 12.0. The first kappa shape index (κ1) is 75.8. The van der Waals surface area contributed by atoms with E-state index in [-0.39, 0.29) is 60.4 Å². The third-order valence-corrected chi connectivity index (χ3v) is 16.3. The van der Waals surface area contributed by atoms with Gasteiger partial charge in [0.1, 0.15) is 0 Å². The van der Waals surface area contributed by atoms with Crippen molar-refractivity contribution in [2.24, 2.45) is 21.2 Å². The normalized spacial score (nSPS) is 15.6. The number of alkyl halides is 2. The molecule has 21 heteroatoms. The molecule has 6 aromatic carbocycles. The molecule has 0 aromatic heterocycles. The number of anilines is 5. The maximum Gasteiger partial charge on any atom is 0.257 e. The zero-order valence-electron chi connectivity index (χ0n) is 52.3. The van der Waals surface area contributed by atoms with Crippen LogP contribution < -0.4 is 27.0 Å². The average molecular weight is 1410 g/mol. The molecule has 6 aromatic rings. The van der Waals surface area contributed by atoms with E-state index in [1.807, 2.05) is 72.8 Å². The highest BCUT2D eigenvalue weighted by Crippen LogP contribution is 2.43. The van der Waals surface area contributed by atoms with Crippen molar-refractivity contribution in [2.75, 3.05) is 52.0 Å². The minimum atomic E-state index is -0.577. The monoisotopic (exact) mass is 1410 g/mol. The third-order valence-electron chi connectivity index (χ3n) is 14.4. The summed E-state index contributed by atoms with van der Waals surface area (Å²) in [6, 6.07) is 37.2. The average Bonchev–Trinajstić information content (AvgIpc) is 1.73. The van der Waals surface area contributed by atoms with Gasteiger partial charge in [0.25, 0.3) is 11.1 Å². The van der Waals surface area contributed by atoms with Crippen LogP contribution in [0.2, 0.25) is 30.1 Å². The van der Waals surface area contributed by atoms with Gasteiger partial charge >= 0.3 is 0 Å². The lowest BCUT2D eigenvalue weighted by Crippen LogP contribution is -2.31. The Hall–Kier alpha value is -5.87. The molecular weight excluding hydrogens is 1340 g/mol. The first-order valence-corrected chi connectivity index (χ1v) is 33.0. The zero-order chi connectivity index (χ0) is 67.4. The van der Waals surface area contributed by atoms with Crippen molar-refractivity contribution >= 4 is 173 Å². The molecule has 10 rings (SSSR count). The van der Waals surface area contributed by atoms with Crippen LogP contribution in [0.3, 0.4) is 0 Å². The van der Waals surface area contributed by atoms with E-state index in [4.69, 9.17) is 115 Å². The lowest BCUT2D eigenvalue weighted by Gasteiger charge is -2.32. The number of nitrogens with zero attached hydrogens (tertiary/aromatic N) is 2. The van der Waals surface area contributed by atoms with Crippen LogP contribution in [0.4, 0.5) is 34.1 Å². The summed E-state index contributed by atoms with van der Waals surface area (Å²) in [6.07, 6.45) is 7.35. The summed E-state index contributed by atoms with van der Waals surface area (Å²) in [4.78, 5) is 67.1. The lowest BCUT2D eigenvalue weighted by atomic mass is 9.74. The predicted molar refractivity (Wildman–Crippen MR) is 386 cm³/mol. The molecule has 484 valence electrons. The molecule has 0 unspecified atom stereocenters. The van der Waals surface area contributed by atoms with Gasteiger partial charge in [-0.25, -0.2) is 4.99 Å². The lowest BCUT2D eigenvalue weighted by molar-refractivity contribution is -0.118. The number of Topliss-reactive ketones (excluding diaryl/α,β-unsaturated/α-hetero) is 1. The van der Waals surface area contributed by atoms with Crippen LogP contribution in [0.25, 0.3) is 0 Å². The van der Waals surface area contributed by atoms with E-state index in [1.54, 1.807) is 48.6 Å². The van der Waals surface area contributed by atoms with Crippen LogP contribution >= 0.6 is 104 Å². The highest BCUT2D eigenvalue weighted by atomic mass is 35.5. The Labute approximate surface area is 580 Å². The second kappa shape index (κ2) is 35.4. The van der Waals surface area contributed by atoms with Gasteiger partial charge in [0.15, 0.2) is 17.3 Å². The number of nitrogen functional groups attached to an aromatic ring is 1. The number of para-hydroxylation sites is 6. The Morgan fingerprint density at radius 2 is 1.01 bits per heavy atom. The van der Waals surface area contributed by atoms with E-state index in [9.17, 15) is 24.0 Å². The van der Waals surface area contributed by atoms with Gasteiger partial charge in [-0.3, -0.25) is 24.0 Å². The summed E-state index contributed by atoms with van der Waals surface area (Å²) in [7, 11) is 0. The molecule has 0 saturated carbocycles. The quantitative estimate of drug-likeness (QED) is 0.0477. The molecule has 3 aliphatic carbocycles. The highest BCUT2D eigenvalue weighted by molar-refractivity contribution is 6.68. The van der Waals surface area contributed by atoms with Crippen LogP contribution in [-0.4, -0.2) is 64.1 Å². The summed E-state index contributed by atoms with van der Waals surface area (Å²) in [5.41, 5.74) is 15.5. The number of hydrogen-bond donors (Lipinski definition) is 5. The van der Waals surface area contributed by atoms with Crippen LogP contribution in [0, 0.1) is 16.2 Å². The molecule has 1 amide bonds. The van der Waals surface area contributed by atoms with Crippen LogP contribution in [0.5, 0.6) is 0 Å². The molecule has 12 nitrogen and oxygen atoms in total. The van der Waals surface area contributed by atoms with Crippen LogP contribution in [0.1, 0.15) is 127 Å². The molecule has 0 atom stereocenters. The van der Waals surface area contributed by atoms with Crippen molar-refractivity contribution in [1.82, 2.24) is 4.90 Å². The highest BCUT2D eigenvalue weighted by Gasteiger charge is 2.37. The minimum absolute atomic E-state index is 0.0255. The molecule has 0 saturated heterocycles. The number of amides is 1. The summed E-state index contributed by atoms with van der Waals surface area (Å²) in [6.45, 7) is 22.7. The van der Waals surface area contributed by atoms with Gasteiger partial charge in [0.2, 0.25) is 0 Å². The smallest absolute Gasteiger partial charge is 0.257 e. The van der Waals surface area contributed by atoms with Crippen molar-refractivity contribution in [2.45, 2.75) is 101 Å². The number of halogens is 9. The Morgan fingerprint density at radius 1 is 0.560 bits per heavy atom. The Morgan fingerprint density at radius 3 is 1.49 bits per heavy atom. The number of ketones is 3. The van der Waals surface area contributed by atoms with E-state index in [0.29, 0.717) is 73.3 Å². The van der Waals surface area contributed by atoms with Crippen molar-refractivity contribution in [3.8, 4) is 0 Å². The number of nitrogens with one attached hydrogen (secondary N) is 4. The van der Waals surface area contributed by atoms with Crippen molar-refractivity contribution in [1.29, 1.82) is 0 Å². The van der Waals surface area contributed by atoms with Gasteiger partial charge < -0.3 is 31.9 Å². The third kappa shape index (κ3) is 23.9. The number of aliphatic imine (C=N–C) groups is 1. The fraction of sp³-hybridized carbons (Fsp3) is 0.314. The molecule has 4 aliphatic rings. The summed E-state index contributed by atoms with van der Waals surface area (Å²) in [5, 5.41) is 15.0. The molecule has 6 N–H and O–H groups in total. The first-order chi connectivity index (χ1) is 42.9. The maximum atomic E-state index is 13.1. The van der Waals surface area contributed by atoms with E-state index in [0.717, 1.165) is 59.0 Å². The van der Waals surface area contributed by atoms with Crippen LogP contribution in [0.15, 0.2) is 167 Å². The molecule has 0 fully saturated rings. The second-order valence-electron chi connectivity index (χ2n) is 23.9. The predicted octanol–water partition coefficient (Wildman–Crippen LogP) is 21.2. The molecule has 1 aliphatic heterocycles. The van der Waals surface area contributed by atoms with Gasteiger partial charge in [0, 0.05) is 69.1 Å². The van der Waals surface area contributed by atoms with E-state index >= 15 is 0 Å². The van der Waals surface area contributed by atoms with Gasteiger partial charge in [-0.2, -0.15) is 0 Å². The second-order valence-corrected chi connectivity index (χ2v) is 27.6. The Kier molecular flexibility index (Phi) is 29.5. The molecule has 91 heavy (non-hydrogen) atoms. The van der Waals surface area contributed by atoms with Crippen molar-refractivity contribution in [3.63, 3.8) is 0 Å². The van der Waals surface area contributed by atoms with Crippen molar-refractivity contribution < 1.29 is 24.0 Å². The Balaban J connectivity index is 0.000000218. The largest absolute Gasteiger partial charge is 0.397 e. The van der Waals surface area contributed by atoms with Gasteiger partial charge in [-0.05, 0) is 158 Å². The van der Waals surface area contributed by atoms with E-state index in [2.05, 4.69) is 88.5 Å².